The summed E-state index contributed by atoms with van der Waals surface area (Å²) in [5.41, 5.74) is 38.2. The molecule has 0 saturated heterocycles. The summed E-state index contributed by atoms with van der Waals surface area (Å²) < 4.78 is 9.65. The fourth-order valence-electron chi connectivity index (χ4n) is 21.2. The quantitative estimate of drug-likeness (QED) is 0.122. The van der Waals surface area contributed by atoms with E-state index in [9.17, 15) is 0 Å². The van der Waals surface area contributed by atoms with Gasteiger partial charge < -0.3 is 14.2 Å². The Balaban J connectivity index is 0.000000140. The van der Waals surface area contributed by atoms with Crippen LogP contribution in [0.15, 0.2) is 429 Å². The van der Waals surface area contributed by atoms with Crippen molar-refractivity contribution in [3.63, 3.8) is 0 Å². The topological polar surface area (TPSA) is 19.6 Å². The molecule has 0 bridgehead atoms. The largest absolute Gasteiger partial charge is 0.454 e. The third-order valence-electron chi connectivity index (χ3n) is 26.7. The number of benzene rings is 18. The number of hydrogen-bond donors (Lipinski definition) is 0. The van der Waals surface area contributed by atoms with E-state index in [0.717, 1.165) is 56.1 Å². The normalized spacial score (nSPS) is 14.1. The molecule has 2 aromatic heterocycles. The van der Waals surface area contributed by atoms with Crippen LogP contribution in [0, 0.1) is 0 Å². The SMILES string of the molecule is CC1(C)c2ccccc2-c2ccc(N(c3ccc(-c4ccccc4)cc3)c3ccc4sc5c(C6(c7ccccc7)c7ccccc7-c7ccccc76)cccc5c4c3)cc21.CC1(C)c2ccccc2-c2ccc(N(c3ccc(-c4ccccc4)cc3)c3cccc4c3oc3ccc(C5(c6ccccc6)c6ccccc6-c6ccccc65)cc34)cc21. The van der Waals surface area contributed by atoms with Gasteiger partial charge in [0.15, 0.2) is 5.58 Å². The maximum Gasteiger partial charge on any atom is 0.159 e. The molecule has 4 heteroatoms. The van der Waals surface area contributed by atoms with Crippen molar-refractivity contribution in [3.8, 4) is 66.8 Å². The van der Waals surface area contributed by atoms with E-state index in [2.05, 4.69) is 462 Å². The minimum absolute atomic E-state index is 0.110. The van der Waals surface area contributed by atoms with Crippen LogP contribution >= 0.6 is 11.3 Å². The van der Waals surface area contributed by atoms with Crippen LogP contribution in [-0.2, 0) is 21.7 Å². The van der Waals surface area contributed by atoms with Crippen LogP contribution in [0.3, 0.4) is 0 Å². The van der Waals surface area contributed by atoms with E-state index >= 15 is 0 Å². The summed E-state index contributed by atoms with van der Waals surface area (Å²) in [6, 6.07) is 157. The van der Waals surface area contributed by atoms with Crippen molar-refractivity contribution < 1.29 is 4.42 Å². The van der Waals surface area contributed by atoms with Crippen molar-refractivity contribution in [1.29, 1.82) is 0 Å². The zero-order valence-electron chi connectivity index (χ0n) is 67.1. The van der Waals surface area contributed by atoms with Gasteiger partial charge >= 0.3 is 0 Å². The standard InChI is InChI=1S/C58H41NO.C58H41NS/c1-57(2)50-24-12-9-20-44(50)47-34-33-43(37-53(47)57)59(42-31-28-39(29-32-42)38-16-5-3-6-17-38)54-27-15-23-48-49-36-41(30-35-55(49)60-56(48)54)58(40-18-7-4-8-19-40)51-25-13-10-21-45(51)46-22-11-14-26-52(46)58;1-57(2)50-24-12-9-20-44(50)47-34-32-43(37-54(47)57)59(41-30-28-39(29-31-41)38-16-5-3-6-17-38)42-33-35-55-49(36-42)48-23-15-27-53(56(48)60-55)58(40-18-7-4-8-19-40)51-25-13-10-21-45(51)46-22-11-14-26-52(46)58/h2*3-37H,1-2H3. The molecule has 120 heavy (non-hydrogen) atoms. The van der Waals surface area contributed by atoms with Crippen molar-refractivity contribution in [3.05, 3.63) is 491 Å². The van der Waals surface area contributed by atoms with E-state index in [1.807, 2.05) is 11.3 Å². The smallest absolute Gasteiger partial charge is 0.159 e. The highest BCUT2D eigenvalue weighted by Crippen LogP contribution is 2.61. The highest BCUT2D eigenvalue weighted by atomic mass is 32.1. The molecule has 18 aromatic carbocycles. The van der Waals surface area contributed by atoms with E-state index in [0.29, 0.717) is 0 Å². The second-order valence-electron chi connectivity index (χ2n) is 33.6. The highest BCUT2D eigenvalue weighted by molar-refractivity contribution is 7.26. The Morgan fingerprint density at radius 1 is 0.225 bits per heavy atom. The van der Waals surface area contributed by atoms with Crippen LogP contribution in [-0.4, -0.2) is 0 Å². The van der Waals surface area contributed by atoms with Crippen LogP contribution in [0.25, 0.3) is 109 Å². The van der Waals surface area contributed by atoms with Crippen LogP contribution in [0.5, 0.6) is 0 Å². The molecular weight excluding hydrogens is 1470 g/mol. The molecule has 0 radical (unpaired) electrons. The highest BCUT2D eigenvalue weighted by Gasteiger charge is 2.49. The summed E-state index contributed by atoms with van der Waals surface area (Å²) >= 11 is 1.92. The first-order valence-corrected chi connectivity index (χ1v) is 42.7. The minimum Gasteiger partial charge on any atom is -0.454 e. The monoisotopic (exact) mass is 1550 g/mol. The van der Waals surface area contributed by atoms with E-state index in [1.165, 1.54) is 154 Å². The van der Waals surface area contributed by atoms with Gasteiger partial charge in [-0.2, -0.15) is 0 Å². The molecule has 568 valence electrons. The lowest BCUT2D eigenvalue weighted by molar-refractivity contribution is 0.660. The first-order chi connectivity index (χ1) is 59.0. The Morgan fingerprint density at radius 3 is 1.10 bits per heavy atom. The number of furan rings is 1. The average molecular weight is 1550 g/mol. The molecule has 0 N–H and O–H groups in total. The second-order valence-corrected chi connectivity index (χ2v) is 34.7. The maximum absolute atomic E-state index is 7.04. The third-order valence-corrected chi connectivity index (χ3v) is 27.9. The molecule has 0 aliphatic heterocycles. The van der Waals surface area contributed by atoms with Crippen LogP contribution in [0.1, 0.15) is 94.5 Å². The minimum atomic E-state index is -0.495. The number of hydrogen-bond acceptors (Lipinski definition) is 4. The maximum atomic E-state index is 7.04. The zero-order chi connectivity index (χ0) is 80.0. The molecule has 4 aliphatic carbocycles. The molecular formula is C116H82N2OS. The summed E-state index contributed by atoms with van der Waals surface area (Å²) in [6.07, 6.45) is 0. The van der Waals surface area contributed by atoms with Crippen LogP contribution in [0.2, 0.25) is 0 Å². The number of anilines is 6. The Morgan fingerprint density at radius 2 is 0.592 bits per heavy atom. The van der Waals surface area contributed by atoms with E-state index in [4.69, 9.17) is 4.42 Å². The molecule has 0 unspecified atom stereocenters. The van der Waals surface area contributed by atoms with Gasteiger partial charge in [-0.15, -0.1) is 11.3 Å². The molecule has 0 spiro atoms. The van der Waals surface area contributed by atoms with Gasteiger partial charge in [-0.1, -0.05) is 367 Å². The molecule has 20 aromatic rings. The Hall–Kier alpha value is -14.4. The summed E-state index contributed by atoms with van der Waals surface area (Å²) in [6.45, 7) is 9.43. The molecule has 3 nitrogen and oxygen atoms in total. The van der Waals surface area contributed by atoms with Crippen molar-refractivity contribution >= 4 is 87.6 Å². The van der Waals surface area contributed by atoms with Gasteiger partial charge in [0.2, 0.25) is 0 Å². The second kappa shape index (κ2) is 27.6. The third kappa shape index (κ3) is 10.7. The molecule has 24 rings (SSSR count). The van der Waals surface area contributed by atoms with Crippen molar-refractivity contribution in [2.45, 2.75) is 49.4 Å². The van der Waals surface area contributed by atoms with Crippen molar-refractivity contribution in [1.82, 2.24) is 0 Å². The lowest BCUT2D eigenvalue weighted by Crippen LogP contribution is -2.28. The molecule has 0 amide bonds. The predicted molar refractivity (Wildman–Crippen MR) is 503 cm³/mol. The van der Waals surface area contributed by atoms with Gasteiger partial charge in [0.1, 0.15) is 5.58 Å². The predicted octanol–water partition coefficient (Wildman–Crippen LogP) is 31.3. The fraction of sp³-hybridized carbons (Fsp3) is 0.0690. The first-order valence-electron chi connectivity index (χ1n) is 41.8. The molecule has 0 fully saturated rings. The first kappa shape index (κ1) is 70.9. The van der Waals surface area contributed by atoms with Gasteiger partial charge in [-0.05, 0) is 218 Å². The summed E-state index contributed by atoms with van der Waals surface area (Å²) in [5.74, 6) is 0. The molecule has 2 heterocycles. The van der Waals surface area contributed by atoms with Gasteiger partial charge in [0, 0.05) is 70.2 Å². The average Bonchev–Trinajstić information content (AvgIpc) is 1.53. The summed E-state index contributed by atoms with van der Waals surface area (Å²) in [4.78, 5) is 4.84. The summed E-state index contributed by atoms with van der Waals surface area (Å²) in [5, 5.41) is 4.76. The molecule has 0 atom stereocenters. The number of thiophene rings is 1. The van der Waals surface area contributed by atoms with Crippen molar-refractivity contribution in [2.75, 3.05) is 9.80 Å². The molecule has 4 aliphatic rings. The van der Waals surface area contributed by atoms with Gasteiger partial charge in [0.25, 0.3) is 0 Å². The van der Waals surface area contributed by atoms with Crippen molar-refractivity contribution in [2.24, 2.45) is 0 Å². The van der Waals surface area contributed by atoms with E-state index in [1.54, 1.807) is 0 Å². The summed E-state index contributed by atoms with van der Waals surface area (Å²) in [7, 11) is 0. The van der Waals surface area contributed by atoms with Gasteiger partial charge in [0.05, 0.1) is 16.5 Å². The zero-order valence-corrected chi connectivity index (χ0v) is 67.9. The Kier molecular flexibility index (Phi) is 16.3. The molecule has 0 saturated carbocycles. The lowest BCUT2D eigenvalue weighted by Gasteiger charge is -2.34. The number of para-hydroxylation sites is 1. The van der Waals surface area contributed by atoms with Crippen LogP contribution < -0.4 is 9.80 Å². The number of rotatable bonds is 12. The fourth-order valence-corrected chi connectivity index (χ4v) is 22.5. The number of fused-ring (bicyclic) bond motifs is 18. The lowest BCUT2D eigenvalue weighted by atomic mass is 9.67. The van der Waals surface area contributed by atoms with E-state index in [-0.39, 0.29) is 10.8 Å². The van der Waals surface area contributed by atoms with Gasteiger partial charge in [-0.25, -0.2) is 0 Å². The van der Waals surface area contributed by atoms with Crippen LogP contribution in [0.4, 0.5) is 34.1 Å². The number of nitrogens with zero attached hydrogens (tertiary/aromatic N) is 2. The Labute approximate surface area is 704 Å². The van der Waals surface area contributed by atoms with E-state index < -0.39 is 10.8 Å². The van der Waals surface area contributed by atoms with Gasteiger partial charge in [-0.3, -0.25) is 0 Å². The Bertz CT molecular complexity index is 7370.